The van der Waals surface area contributed by atoms with Crippen LogP contribution in [-0.2, 0) is 9.59 Å². The third-order valence-corrected chi connectivity index (χ3v) is 4.73. The van der Waals surface area contributed by atoms with Gasteiger partial charge in [-0.1, -0.05) is 58.8 Å². The van der Waals surface area contributed by atoms with Crippen LogP contribution in [0, 0.1) is 5.92 Å². The number of carbonyl (C=O) groups is 2. The molecule has 0 fully saturated rings. The lowest BCUT2D eigenvalue weighted by atomic mass is 9.89. The molecule has 0 aromatic heterocycles. The highest BCUT2D eigenvalue weighted by Crippen LogP contribution is 2.21. The van der Waals surface area contributed by atoms with Crippen LogP contribution >= 0.6 is 0 Å². The molecule has 0 saturated heterocycles. The second-order valence-electron chi connectivity index (χ2n) is 6.94. The summed E-state index contributed by atoms with van der Waals surface area (Å²) in [7, 11) is 0. The van der Waals surface area contributed by atoms with Crippen LogP contribution in [0.25, 0.3) is 0 Å². The zero-order valence-electron chi connectivity index (χ0n) is 15.8. The number of rotatable bonds is 17. The van der Waals surface area contributed by atoms with Gasteiger partial charge >= 0.3 is 5.97 Å². The fourth-order valence-corrected chi connectivity index (χ4v) is 3.15. The minimum absolute atomic E-state index is 0.123. The topological polar surface area (TPSA) is 74.6 Å². The Labute approximate surface area is 148 Å². The molecule has 0 radical (unpaired) electrons. The number of ketones is 1. The van der Waals surface area contributed by atoms with E-state index in [-0.39, 0.29) is 18.4 Å². The number of hydrogen-bond donors (Lipinski definition) is 2. The van der Waals surface area contributed by atoms with Crippen LogP contribution in [0.3, 0.4) is 0 Å². The summed E-state index contributed by atoms with van der Waals surface area (Å²) in [5, 5.41) is 18.6. The number of Topliss-reactive ketones (excluding diaryl/α,β-unsaturated/α-hetero) is 1. The monoisotopic (exact) mass is 342 g/mol. The van der Waals surface area contributed by atoms with Crippen LogP contribution < -0.4 is 0 Å². The molecule has 2 atom stereocenters. The maximum atomic E-state index is 12.1. The van der Waals surface area contributed by atoms with Gasteiger partial charge in [-0.2, -0.15) is 0 Å². The van der Waals surface area contributed by atoms with E-state index < -0.39 is 5.97 Å². The van der Waals surface area contributed by atoms with Crippen molar-refractivity contribution in [2.75, 3.05) is 0 Å². The fraction of sp³-hybridized carbons (Fsp3) is 0.900. The van der Waals surface area contributed by atoms with Crippen LogP contribution in [0.2, 0.25) is 0 Å². The number of carboxylic acids is 1. The quantitative estimate of drug-likeness (QED) is 0.360. The lowest BCUT2D eigenvalue weighted by Gasteiger charge is -2.16. The van der Waals surface area contributed by atoms with Crippen molar-refractivity contribution in [1.29, 1.82) is 0 Å². The molecule has 4 nitrogen and oxygen atoms in total. The summed E-state index contributed by atoms with van der Waals surface area (Å²) >= 11 is 0. The lowest BCUT2D eigenvalue weighted by Crippen LogP contribution is -2.15. The van der Waals surface area contributed by atoms with Gasteiger partial charge in [0.05, 0.1) is 6.10 Å². The van der Waals surface area contributed by atoms with E-state index in [1.165, 1.54) is 12.8 Å². The average Bonchev–Trinajstić information content (AvgIpc) is 2.55. The molecule has 0 rings (SSSR count). The molecule has 0 spiro atoms. The van der Waals surface area contributed by atoms with Crippen LogP contribution in [0.15, 0.2) is 0 Å². The second-order valence-corrected chi connectivity index (χ2v) is 6.94. The second kappa shape index (κ2) is 15.6. The summed E-state index contributed by atoms with van der Waals surface area (Å²) in [6.07, 6.45) is 12.1. The lowest BCUT2D eigenvalue weighted by molar-refractivity contribution is -0.137. The van der Waals surface area contributed by atoms with Crippen molar-refractivity contribution in [3.63, 3.8) is 0 Å². The molecule has 0 amide bonds. The van der Waals surface area contributed by atoms with Crippen molar-refractivity contribution in [3.8, 4) is 0 Å². The van der Waals surface area contributed by atoms with E-state index in [2.05, 4.69) is 6.92 Å². The van der Waals surface area contributed by atoms with Gasteiger partial charge in [0.15, 0.2) is 0 Å². The number of aliphatic carboxylic acids is 1. The third kappa shape index (κ3) is 13.5. The van der Waals surface area contributed by atoms with Crippen molar-refractivity contribution in [2.45, 2.75) is 110 Å². The molecule has 24 heavy (non-hydrogen) atoms. The van der Waals surface area contributed by atoms with Gasteiger partial charge in [0.1, 0.15) is 5.78 Å². The van der Waals surface area contributed by atoms with Gasteiger partial charge in [0.25, 0.3) is 0 Å². The first-order valence-electron chi connectivity index (χ1n) is 9.93. The van der Waals surface area contributed by atoms with E-state index in [9.17, 15) is 14.7 Å². The highest BCUT2D eigenvalue weighted by molar-refractivity contribution is 5.80. The zero-order valence-corrected chi connectivity index (χ0v) is 15.8. The Morgan fingerprint density at radius 1 is 0.792 bits per heavy atom. The molecule has 0 bridgehead atoms. The number of aliphatic hydroxyl groups is 1. The summed E-state index contributed by atoms with van der Waals surface area (Å²) in [5.41, 5.74) is 0. The number of aliphatic hydroxyl groups excluding tert-OH is 1. The fourth-order valence-electron chi connectivity index (χ4n) is 3.15. The molecular weight excluding hydrogens is 304 g/mol. The number of hydrogen-bond acceptors (Lipinski definition) is 3. The maximum Gasteiger partial charge on any atom is 0.303 e. The minimum Gasteiger partial charge on any atom is -0.481 e. The molecule has 0 aliphatic carbocycles. The van der Waals surface area contributed by atoms with Crippen LogP contribution in [0.4, 0.5) is 0 Å². The Hall–Kier alpha value is -0.900. The van der Waals surface area contributed by atoms with E-state index in [1.807, 2.05) is 6.92 Å². The van der Waals surface area contributed by atoms with E-state index >= 15 is 0 Å². The smallest absolute Gasteiger partial charge is 0.303 e. The third-order valence-electron chi connectivity index (χ3n) is 4.73. The normalized spacial score (nSPS) is 13.6. The first-order chi connectivity index (χ1) is 11.5. The van der Waals surface area contributed by atoms with E-state index in [0.29, 0.717) is 12.2 Å². The average molecular weight is 343 g/mol. The van der Waals surface area contributed by atoms with Crippen LogP contribution in [0.1, 0.15) is 104 Å². The van der Waals surface area contributed by atoms with Gasteiger partial charge in [0, 0.05) is 18.8 Å². The molecule has 0 unspecified atom stereocenters. The molecule has 4 heteroatoms. The minimum atomic E-state index is -0.730. The van der Waals surface area contributed by atoms with Crippen LogP contribution in [0.5, 0.6) is 0 Å². The van der Waals surface area contributed by atoms with Gasteiger partial charge in [-0.25, -0.2) is 0 Å². The van der Waals surface area contributed by atoms with Crippen LogP contribution in [-0.4, -0.2) is 28.1 Å². The van der Waals surface area contributed by atoms with Gasteiger partial charge in [-0.15, -0.1) is 0 Å². The van der Waals surface area contributed by atoms with Crippen molar-refractivity contribution in [1.82, 2.24) is 0 Å². The predicted octanol–water partition coefficient (Wildman–Crippen LogP) is 5.12. The van der Waals surface area contributed by atoms with E-state index in [0.717, 1.165) is 64.2 Å². The van der Waals surface area contributed by atoms with E-state index in [4.69, 9.17) is 5.11 Å². The number of carboxylic acid groups (broad SMARTS) is 1. The van der Waals surface area contributed by atoms with Crippen molar-refractivity contribution < 1.29 is 19.8 Å². The Balaban J connectivity index is 3.89. The summed E-state index contributed by atoms with van der Waals surface area (Å²) < 4.78 is 0. The Bertz CT molecular complexity index is 328. The number of carbonyl (C=O) groups excluding carboxylic acids is 1. The predicted molar refractivity (Wildman–Crippen MR) is 98.1 cm³/mol. The highest BCUT2D eigenvalue weighted by atomic mass is 16.4. The van der Waals surface area contributed by atoms with Gasteiger partial charge in [-0.3, -0.25) is 9.59 Å². The molecule has 0 aromatic rings. The van der Waals surface area contributed by atoms with Crippen molar-refractivity contribution >= 4 is 11.8 Å². The van der Waals surface area contributed by atoms with E-state index in [1.54, 1.807) is 0 Å². The summed E-state index contributed by atoms with van der Waals surface area (Å²) in [5.74, 6) is -0.273. The summed E-state index contributed by atoms with van der Waals surface area (Å²) in [6.45, 7) is 4.08. The molecule has 0 aliphatic rings. The molecule has 0 saturated carbocycles. The largest absolute Gasteiger partial charge is 0.481 e. The van der Waals surface area contributed by atoms with Gasteiger partial charge < -0.3 is 10.2 Å². The molecule has 0 aliphatic heterocycles. The molecular formula is C20H38O4. The van der Waals surface area contributed by atoms with Gasteiger partial charge in [0.2, 0.25) is 0 Å². The van der Waals surface area contributed by atoms with Gasteiger partial charge in [-0.05, 0) is 32.1 Å². The molecule has 2 N–H and O–H groups in total. The van der Waals surface area contributed by atoms with Crippen molar-refractivity contribution in [3.05, 3.63) is 0 Å². The SMILES string of the molecule is CCCCC[C@@H](O)CCC[C@@H](CCCCCCC(=O)O)C(=O)CC. The standard InChI is InChI=1S/C20H38O4/c1-3-5-8-14-18(21)15-11-13-17(19(22)4-2)12-9-6-7-10-16-20(23)24/h17-18,21H,3-16H2,1-2H3,(H,23,24)/t17-,18-/m1/s1. The molecule has 0 aromatic carbocycles. The molecule has 0 heterocycles. The Morgan fingerprint density at radius 3 is 2.00 bits per heavy atom. The van der Waals surface area contributed by atoms with Crippen molar-refractivity contribution in [2.24, 2.45) is 5.92 Å². The summed E-state index contributed by atoms with van der Waals surface area (Å²) in [6, 6.07) is 0. The number of unbranched alkanes of at least 4 members (excludes halogenated alkanes) is 5. The Morgan fingerprint density at radius 2 is 1.38 bits per heavy atom. The molecule has 142 valence electrons. The first-order valence-corrected chi connectivity index (χ1v) is 9.93. The maximum absolute atomic E-state index is 12.1. The first kappa shape index (κ1) is 23.1. The zero-order chi connectivity index (χ0) is 18.2. The Kier molecular flexibility index (Phi) is 15.0. The highest BCUT2D eigenvalue weighted by Gasteiger charge is 2.16. The summed E-state index contributed by atoms with van der Waals surface area (Å²) in [4.78, 5) is 22.5.